The number of benzene rings is 2. The van der Waals surface area contributed by atoms with Gasteiger partial charge in [0, 0.05) is 24.7 Å². The average Bonchev–Trinajstić information content (AvgIpc) is 2.57. The molecular weight excluding hydrogens is 318 g/mol. The molecule has 126 valence electrons. The highest BCUT2D eigenvalue weighted by molar-refractivity contribution is 6.39. The van der Waals surface area contributed by atoms with Gasteiger partial charge in [0.15, 0.2) is 11.6 Å². The molecule has 0 heterocycles. The third-order valence-electron chi connectivity index (χ3n) is 3.20. The van der Waals surface area contributed by atoms with E-state index in [0.29, 0.717) is 6.42 Å². The van der Waals surface area contributed by atoms with Crippen LogP contribution < -0.4 is 10.6 Å². The van der Waals surface area contributed by atoms with Gasteiger partial charge in [-0.25, -0.2) is 8.78 Å². The summed E-state index contributed by atoms with van der Waals surface area (Å²) in [5.41, 5.74) is 0.851. The van der Waals surface area contributed by atoms with Crippen LogP contribution in [0.5, 0.6) is 0 Å². The van der Waals surface area contributed by atoms with Crippen molar-refractivity contribution < 1.29 is 23.5 Å². The van der Waals surface area contributed by atoms with Gasteiger partial charge in [0.05, 0.1) is 6.10 Å². The summed E-state index contributed by atoms with van der Waals surface area (Å²) in [4.78, 5) is 23.3. The summed E-state index contributed by atoms with van der Waals surface area (Å²) in [6.45, 7) is -0.112. The molecule has 3 N–H and O–H groups in total. The number of anilines is 1. The van der Waals surface area contributed by atoms with Crippen molar-refractivity contribution in [3.05, 3.63) is 65.7 Å². The molecule has 0 aliphatic heterocycles. The molecule has 0 bridgehead atoms. The molecule has 0 aliphatic carbocycles. The number of aliphatic hydroxyl groups is 1. The van der Waals surface area contributed by atoms with Crippen molar-refractivity contribution in [1.29, 1.82) is 0 Å². The molecule has 0 saturated carbocycles. The predicted octanol–water partition coefficient (Wildman–Crippen LogP) is 1.62. The third-order valence-corrected chi connectivity index (χ3v) is 3.20. The van der Waals surface area contributed by atoms with Crippen molar-refractivity contribution in [2.75, 3.05) is 11.9 Å². The summed E-state index contributed by atoms with van der Waals surface area (Å²) in [5, 5.41) is 14.3. The smallest absolute Gasteiger partial charge is 0.313 e. The molecule has 0 aromatic heterocycles. The highest BCUT2D eigenvalue weighted by Gasteiger charge is 2.16. The van der Waals surface area contributed by atoms with Crippen LogP contribution in [0.15, 0.2) is 48.5 Å². The van der Waals surface area contributed by atoms with E-state index in [0.717, 1.165) is 23.8 Å². The summed E-state index contributed by atoms with van der Waals surface area (Å²) >= 11 is 0. The maximum absolute atomic E-state index is 13.0. The molecule has 0 saturated heterocycles. The quantitative estimate of drug-likeness (QED) is 0.727. The first-order valence-corrected chi connectivity index (χ1v) is 7.22. The van der Waals surface area contributed by atoms with Gasteiger partial charge >= 0.3 is 11.8 Å². The van der Waals surface area contributed by atoms with E-state index < -0.39 is 29.6 Å². The summed E-state index contributed by atoms with van der Waals surface area (Å²) in [5.74, 6) is -4.20. The van der Waals surface area contributed by atoms with Crippen LogP contribution in [0.4, 0.5) is 14.5 Å². The topological polar surface area (TPSA) is 78.4 Å². The third kappa shape index (κ3) is 5.13. The fraction of sp³-hybridized carbons (Fsp3) is 0.176. The molecular formula is C17H16F2N2O3. The second-order valence-corrected chi connectivity index (χ2v) is 5.14. The molecule has 2 aromatic rings. The minimum atomic E-state index is -1.13. The molecule has 0 unspecified atom stereocenters. The monoisotopic (exact) mass is 334 g/mol. The number of carbonyl (C=O) groups excluding carboxylic acids is 2. The first-order chi connectivity index (χ1) is 11.5. The van der Waals surface area contributed by atoms with Crippen LogP contribution in [0.1, 0.15) is 5.56 Å². The van der Waals surface area contributed by atoms with Crippen molar-refractivity contribution >= 4 is 17.5 Å². The van der Waals surface area contributed by atoms with Crippen molar-refractivity contribution in [3.63, 3.8) is 0 Å². The lowest BCUT2D eigenvalue weighted by molar-refractivity contribution is -0.136. The Morgan fingerprint density at radius 2 is 1.71 bits per heavy atom. The zero-order valence-corrected chi connectivity index (χ0v) is 12.6. The minimum absolute atomic E-state index is 0.0427. The molecule has 24 heavy (non-hydrogen) atoms. The number of amides is 2. The van der Waals surface area contributed by atoms with Gasteiger partial charge < -0.3 is 15.7 Å². The van der Waals surface area contributed by atoms with E-state index in [9.17, 15) is 23.5 Å². The van der Waals surface area contributed by atoms with E-state index in [4.69, 9.17) is 0 Å². The van der Waals surface area contributed by atoms with Crippen LogP contribution in [0.3, 0.4) is 0 Å². The molecule has 0 radical (unpaired) electrons. The largest absolute Gasteiger partial charge is 0.391 e. The number of carbonyl (C=O) groups is 2. The Labute approximate surface area is 137 Å². The molecule has 0 fully saturated rings. The first kappa shape index (κ1) is 17.6. The molecule has 1 atom stereocenters. The average molecular weight is 334 g/mol. The normalized spacial score (nSPS) is 11.6. The zero-order valence-electron chi connectivity index (χ0n) is 12.6. The molecule has 2 amide bonds. The Balaban J connectivity index is 1.81. The Morgan fingerprint density at radius 1 is 1.00 bits per heavy atom. The van der Waals surface area contributed by atoms with Gasteiger partial charge in [-0.15, -0.1) is 0 Å². The van der Waals surface area contributed by atoms with Crippen LogP contribution in [0, 0.1) is 11.6 Å². The standard InChI is InChI=1S/C17H16F2N2O3/c18-14-7-6-12(9-15(14)19)21-17(24)16(23)20-10-13(22)8-11-4-2-1-3-5-11/h1-7,9,13,22H,8,10H2,(H,20,23)(H,21,24)/t13-/m1/s1. The summed E-state index contributed by atoms with van der Waals surface area (Å²) in [7, 11) is 0. The number of aliphatic hydroxyl groups excluding tert-OH is 1. The summed E-state index contributed by atoms with van der Waals surface area (Å²) in [6, 6.07) is 11.9. The Kier molecular flexibility index (Phi) is 5.97. The summed E-state index contributed by atoms with van der Waals surface area (Å²) < 4.78 is 25.8. The lowest BCUT2D eigenvalue weighted by atomic mass is 10.1. The highest BCUT2D eigenvalue weighted by Crippen LogP contribution is 2.12. The van der Waals surface area contributed by atoms with Crippen molar-refractivity contribution in [3.8, 4) is 0 Å². The first-order valence-electron chi connectivity index (χ1n) is 7.22. The number of nitrogens with one attached hydrogen (secondary N) is 2. The van der Waals surface area contributed by atoms with Crippen molar-refractivity contribution in [2.24, 2.45) is 0 Å². The fourth-order valence-corrected chi connectivity index (χ4v) is 2.01. The predicted molar refractivity (Wildman–Crippen MR) is 84.2 cm³/mol. The van der Waals surface area contributed by atoms with Gasteiger partial charge in [0.2, 0.25) is 0 Å². The highest BCUT2D eigenvalue weighted by atomic mass is 19.2. The Bertz CT molecular complexity index is 723. The zero-order chi connectivity index (χ0) is 17.5. The second-order valence-electron chi connectivity index (χ2n) is 5.14. The van der Waals surface area contributed by atoms with Gasteiger partial charge in [-0.3, -0.25) is 9.59 Å². The minimum Gasteiger partial charge on any atom is -0.391 e. The van der Waals surface area contributed by atoms with Gasteiger partial charge in [-0.2, -0.15) is 0 Å². The van der Waals surface area contributed by atoms with E-state index in [1.54, 1.807) is 0 Å². The molecule has 2 aromatic carbocycles. The SMILES string of the molecule is O=C(NC[C@H](O)Cc1ccccc1)C(=O)Nc1ccc(F)c(F)c1. The molecule has 0 aliphatic rings. The number of rotatable bonds is 5. The van der Waals surface area contributed by atoms with Crippen LogP contribution >= 0.6 is 0 Å². The maximum atomic E-state index is 13.0. The van der Waals surface area contributed by atoms with Crippen LogP contribution in [0.25, 0.3) is 0 Å². The second kappa shape index (κ2) is 8.16. The van der Waals surface area contributed by atoms with Gasteiger partial charge in [0.1, 0.15) is 0 Å². The Hall–Kier alpha value is -2.80. The summed E-state index contributed by atoms with van der Waals surface area (Å²) in [6.07, 6.45) is -0.529. The lowest BCUT2D eigenvalue weighted by Gasteiger charge is -2.12. The van der Waals surface area contributed by atoms with E-state index in [1.165, 1.54) is 0 Å². The van der Waals surface area contributed by atoms with Crippen LogP contribution in [-0.4, -0.2) is 29.6 Å². The maximum Gasteiger partial charge on any atom is 0.313 e. The number of hydrogen-bond donors (Lipinski definition) is 3. The number of halogens is 2. The van der Waals surface area contributed by atoms with Crippen molar-refractivity contribution in [2.45, 2.75) is 12.5 Å². The van der Waals surface area contributed by atoms with Gasteiger partial charge in [-0.05, 0) is 17.7 Å². The van der Waals surface area contributed by atoms with Gasteiger partial charge in [0.25, 0.3) is 0 Å². The molecule has 7 heteroatoms. The van der Waals surface area contributed by atoms with E-state index in [1.807, 2.05) is 30.3 Å². The van der Waals surface area contributed by atoms with E-state index >= 15 is 0 Å². The van der Waals surface area contributed by atoms with E-state index in [-0.39, 0.29) is 12.2 Å². The lowest BCUT2D eigenvalue weighted by Crippen LogP contribution is -2.40. The van der Waals surface area contributed by atoms with Crippen LogP contribution in [0.2, 0.25) is 0 Å². The fourth-order valence-electron chi connectivity index (χ4n) is 2.01. The molecule has 0 spiro atoms. The molecule has 2 rings (SSSR count). The van der Waals surface area contributed by atoms with Gasteiger partial charge in [-0.1, -0.05) is 30.3 Å². The Morgan fingerprint density at radius 3 is 2.38 bits per heavy atom. The van der Waals surface area contributed by atoms with Crippen molar-refractivity contribution in [1.82, 2.24) is 5.32 Å². The molecule has 5 nitrogen and oxygen atoms in total. The number of hydrogen-bond acceptors (Lipinski definition) is 3. The van der Waals surface area contributed by atoms with E-state index in [2.05, 4.69) is 10.6 Å². The van der Waals surface area contributed by atoms with Crippen LogP contribution in [-0.2, 0) is 16.0 Å².